The van der Waals surface area contributed by atoms with Crippen LogP contribution in [0.5, 0.6) is 0 Å². The van der Waals surface area contributed by atoms with Gasteiger partial charge in [0.15, 0.2) is 0 Å². The van der Waals surface area contributed by atoms with Gasteiger partial charge >= 0.3 is 0 Å². The number of nitrogens with one attached hydrogen (secondary N) is 3. The minimum atomic E-state index is -1.03. The van der Waals surface area contributed by atoms with Crippen molar-refractivity contribution in [1.29, 1.82) is 0 Å². The zero-order valence-corrected chi connectivity index (χ0v) is 25.9. The normalized spacial score (nSPS) is 17.2. The Bertz CT molecular complexity index is 2040. The molecule has 5 aromatic rings. The van der Waals surface area contributed by atoms with Crippen molar-refractivity contribution in [3.05, 3.63) is 131 Å². The quantitative estimate of drug-likeness (QED) is 0.193. The van der Waals surface area contributed by atoms with E-state index in [0.29, 0.717) is 18.0 Å². The number of imide groups is 2. The van der Waals surface area contributed by atoms with Gasteiger partial charge in [-0.05, 0) is 54.8 Å². The number of pyridine rings is 1. The second-order valence-corrected chi connectivity index (χ2v) is 11.9. The van der Waals surface area contributed by atoms with E-state index < -0.39 is 41.6 Å². The standard InChI is InChI=1S/C37H31N5O6/c1-21(34(44)41-33(25-7-5-17-38-20-25)30-18-24-6-2-3-10-29(24)48-30)23-13-11-22(12-14-23)19-39-27-9-4-8-26-32(27)37(47)42(36(26)46)28-15-16-31(43)40-35(28)45/h2-14,17-18,20-21,28,33,39H,15-16,19H2,1H3,(H,41,44)(H,40,43,45). The molecule has 48 heavy (non-hydrogen) atoms. The number of piperidine rings is 1. The molecule has 11 heteroatoms. The zero-order chi connectivity index (χ0) is 33.4. The van der Waals surface area contributed by atoms with Gasteiger partial charge in [0.05, 0.1) is 17.0 Å². The number of para-hydroxylation sites is 1. The summed E-state index contributed by atoms with van der Waals surface area (Å²) in [5.74, 6) is -2.26. The summed E-state index contributed by atoms with van der Waals surface area (Å²) in [7, 11) is 0. The minimum Gasteiger partial charge on any atom is -0.459 e. The number of aromatic nitrogens is 1. The van der Waals surface area contributed by atoms with E-state index >= 15 is 0 Å². The van der Waals surface area contributed by atoms with E-state index in [4.69, 9.17) is 4.42 Å². The summed E-state index contributed by atoms with van der Waals surface area (Å²) in [6.07, 6.45) is 3.53. The maximum atomic E-state index is 13.6. The second-order valence-electron chi connectivity index (χ2n) is 11.9. The number of amides is 5. The van der Waals surface area contributed by atoms with Crippen LogP contribution in [0.4, 0.5) is 5.69 Å². The largest absolute Gasteiger partial charge is 0.459 e. The highest BCUT2D eigenvalue weighted by molar-refractivity contribution is 6.25. The molecule has 0 saturated carbocycles. The molecule has 2 aliphatic rings. The lowest BCUT2D eigenvalue weighted by Crippen LogP contribution is -2.54. The van der Waals surface area contributed by atoms with Crippen LogP contribution in [0.15, 0.2) is 102 Å². The molecule has 5 amide bonds. The first-order valence-corrected chi connectivity index (χ1v) is 15.6. The number of carbonyl (C=O) groups excluding carboxylic acids is 5. The Morgan fingerprint density at radius 2 is 1.77 bits per heavy atom. The Hall–Kier alpha value is -6.10. The summed E-state index contributed by atoms with van der Waals surface area (Å²) in [6.45, 7) is 2.18. The molecule has 7 rings (SSSR count). The number of anilines is 1. The average Bonchev–Trinajstić information content (AvgIpc) is 3.65. The van der Waals surface area contributed by atoms with Crippen molar-refractivity contribution in [2.45, 2.75) is 44.3 Å². The van der Waals surface area contributed by atoms with Crippen molar-refractivity contribution in [3.8, 4) is 0 Å². The van der Waals surface area contributed by atoms with Crippen LogP contribution in [0.2, 0.25) is 0 Å². The van der Waals surface area contributed by atoms with Crippen molar-refractivity contribution in [1.82, 2.24) is 20.5 Å². The summed E-state index contributed by atoms with van der Waals surface area (Å²) in [5.41, 5.74) is 4.09. The smallest absolute Gasteiger partial charge is 0.264 e. The van der Waals surface area contributed by atoms with Crippen LogP contribution in [-0.4, -0.2) is 45.5 Å². The number of furan rings is 1. The molecule has 2 aromatic heterocycles. The molecule has 3 atom stereocenters. The van der Waals surface area contributed by atoms with Gasteiger partial charge < -0.3 is 15.1 Å². The summed E-state index contributed by atoms with van der Waals surface area (Å²) in [6, 6.07) is 24.3. The molecule has 240 valence electrons. The number of hydrogen-bond donors (Lipinski definition) is 3. The minimum absolute atomic E-state index is 0.0531. The molecule has 0 aliphatic carbocycles. The third-order valence-electron chi connectivity index (χ3n) is 8.86. The van der Waals surface area contributed by atoms with Gasteiger partial charge in [0.2, 0.25) is 17.7 Å². The van der Waals surface area contributed by atoms with Crippen LogP contribution >= 0.6 is 0 Å². The van der Waals surface area contributed by atoms with E-state index in [0.717, 1.165) is 32.6 Å². The molecule has 1 saturated heterocycles. The fourth-order valence-electron chi connectivity index (χ4n) is 6.21. The van der Waals surface area contributed by atoms with Crippen LogP contribution in [0.1, 0.15) is 74.9 Å². The molecule has 3 unspecified atom stereocenters. The van der Waals surface area contributed by atoms with Gasteiger partial charge in [-0.2, -0.15) is 0 Å². The summed E-state index contributed by atoms with van der Waals surface area (Å²) < 4.78 is 6.11. The third kappa shape index (κ3) is 5.70. The maximum absolute atomic E-state index is 13.6. The average molecular weight is 642 g/mol. The van der Waals surface area contributed by atoms with Gasteiger partial charge in [-0.15, -0.1) is 0 Å². The predicted octanol–water partition coefficient (Wildman–Crippen LogP) is 4.85. The summed E-state index contributed by atoms with van der Waals surface area (Å²) in [5, 5.41) is 9.55. The molecule has 1 fully saturated rings. The lowest BCUT2D eigenvalue weighted by Gasteiger charge is -2.27. The molecule has 11 nitrogen and oxygen atoms in total. The highest BCUT2D eigenvalue weighted by atomic mass is 16.3. The maximum Gasteiger partial charge on any atom is 0.264 e. The molecule has 2 aliphatic heterocycles. The Kier molecular flexibility index (Phi) is 8.02. The first-order valence-electron chi connectivity index (χ1n) is 15.6. The van der Waals surface area contributed by atoms with E-state index in [1.807, 2.05) is 73.7 Å². The Morgan fingerprint density at radius 3 is 2.52 bits per heavy atom. The van der Waals surface area contributed by atoms with E-state index in [1.165, 1.54) is 0 Å². The van der Waals surface area contributed by atoms with Crippen LogP contribution in [-0.2, 0) is 20.9 Å². The molecule has 0 spiro atoms. The summed E-state index contributed by atoms with van der Waals surface area (Å²) in [4.78, 5) is 69.4. The van der Waals surface area contributed by atoms with E-state index in [-0.39, 0.29) is 29.9 Å². The van der Waals surface area contributed by atoms with Crippen molar-refractivity contribution in [2.24, 2.45) is 0 Å². The van der Waals surface area contributed by atoms with Gasteiger partial charge in [-0.3, -0.25) is 39.2 Å². The second kappa shape index (κ2) is 12.6. The van der Waals surface area contributed by atoms with E-state index in [9.17, 15) is 24.0 Å². The topological polar surface area (TPSA) is 151 Å². The molecular weight excluding hydrogens is 610 g/mol. The zero-order valence-electron chi connectivity index (χ0n) is 25.9. The fourth-order valence-corrected chi connectivity index (χ4v) is 6.21. The number of fused-ring (bicyclic) bond motifs is 2. The lowest BCUT2D eigenvalue weighted by molar-refractivity contribution is -0.136. The molecule has 0 radical (unpaired) electrons. The molecule has 0 bridgehead atoms. The molecule has 4 heterocycles. The van der Waals surface area contributed by atoms with Crippen molar-refractivity contribution in [2.75, 3.05) is 5.32 Å². The number of nitrogens with zero attached hydrogens (tertiary/aromatic N) is 2. The van der Waals surface area contributed by atoms with Crippen LogP contribution in [0, 0.1) is 0 Å². The number of hydrogen-bond acceptors (Lipinski definition) is 8. The third-order valence-corrected chi connectivity index (χ3v) is 8.86. The number of benzene rings is 3. The van der Waals surface area contributed by atoms with E-state index in [1.54, 1.807) is 30.6 Å². The Balaban J connectivity index is 1.03. The van der Waals surface area contributed by atoms with E-state index in [2.05, 4.69) is 20.9 Å². The van der Waals surface area contributed by atoms with Gasteiger partial charge in [-0.1, -0.05) is 54.6 Å². The van der Waals surface area contributed by atoms with Crippen LogP contribution in [0.3, 0.4) is 0 Å². The van der Waals surface area contributed by atoms with Crippen LogP contribution in [0.25, 0.3) is 11.0 Å². The van der Waals surface area contributed by atoms with Gasteiger partial charge in [0, 0.05) is 42.0 Å². The van der Waals surface area contributed by atoms with Gasteiger partial charge in [-0.25, -0.2) is 0 Å². The van der Waals surface area contributed by atoms with Gasteiger partial charge in [0.25, 0.3) is 11.8 Å². The Morgan fingerprint density at radius 1 is 0.958 bits per heavy atom. The first kappa shape index (κ1) is 30.5. The SMILES string of the molecule is CC(C(=O)NC(c1cccnc1)c1cc2ccccc2o1)c1ccc(CNc2cccc3c2C(=O)N(C2CCC(=O)NC2=O)C3=O)cc1. The van der Waals surface area contributed by atoms with Crippen LogP contribution < -0.4 is 16.0 Å². The van der Waals surface area contributed by atoms with Crippen molar-refractivity contribution < 1.29 is 28.4 Å². The summed E-state index contributed by atoms with van der Waals surface area (Å²) >= 11 is 0. The molecule has 3 aromatic carbocycles. The first-order chi connectivity index (χ1) is 23.3. The number of carbonyl (C=O) groups is 5. The van der Waals surface area contributed by atoms with Crippen molar-refractivity contribution >= 4 is 46.2 Å². The lowest BCUT2D eigenvalue weighted by atomic mass is 9.97. The predicted molar refractivity (Wildman–Crippen MR) is 176 cm³/mol. The number of rotatable bonds is 9. The van der Waals surface area contributed by atoms with Crippen molar-refractivity contribution in [3.63, 3.8) is 0 Å². The highest BCUT2D eigenvalue weighted by Gasteiger charge is 2.45. The molecular formula is C37H31N5O6. The fraction of sp³-hybridized carbons (Fsp3) is 0.189. The monoisotopic (exact) mass is 641 g/mol. The Labute approximate surface area is 275 Å². The molecule has 3 N–H and O–H groups in total. The van der Waals surface area contributed by atoms with Gasteiger partial charge in [0.1, 0.15) is 23.4 Å². The highest BCUT2D eigenvalue weighted by Crippen LogP contribution is 2.33.